The minimum absolute atomic E-state index is 0.0866. The average molecular weight is 262 g/mol. The Morgan fingerprint density at radius 1 is 1.53 bits per heavy atom. The number of fused-ring (bicyclic) bond motifs is 1. The first-order valence-corrected chi connectivity index (χ1v) is 6.79. The highest BCUT2D eigenvalue weighted by Crippen LogP contribution is 2.25. The van der Waals surface area contributed by atoms with Gasteiger partial charge in [0.15, 0.2) is 0 Å². The third kappa shape index (κ3) is 2.80. The monoisotopic (exact) mass is 262 g/mol. The molecule has 1 aliphatic heterocycles. The van der Waals surface area contributed by atoms with E-state index in [9.17, 15) is 4.79 Å². The van der Waals surface area contributed by atoms with Crippen molar-refractivity contribution in [2.24, 2.45) is 0 Å². The van der Waals surface area contributed by atoms with Gasteiger partial charge >= 0.3 is 0 Å². The molecule has 2 rings (SSSR count). The normalized spacial score (nSPS) is 17.4. The quantitative estimate of drug-likeness (QED) is 0.873. The second kappa shape index (κ2) is 5.72. The third-order valence-corrected chi connectivity index (χ3v) is 4.00. The number of carbonyl (C=O) groups is 1. The van der Waals surface area contributed by atoms with Crippen molar-refractivity contribution in [3.05, 3.63) is 29.3 Å². The summed E-state index contributed by atoms with van der Waals surface area (Å²) in [6.07, 6.45) is 1.65. The SMILES string of the molecule is CCC(C)(OC)C(=O)Nc1cccc2c1CNCC2. The van der Waals surface area contributed by atoms with Crippen LogP contribution >= 0.6 is 0 Å². The van der Waals surface area contributed by atoms with Gasteiger partial charge in [0, 0.05) is 19.3 Å². The summed E-state index contributed by atoms with van der Waals surface area (Å²) in [6, 6.07) is 6.08. The van der Waals surface area contributed by atoms with Crippen LogP contribution in [0.2, 0.25) is 0 Å². The van der Waals surface area contributed by atoms with E-state index in [2.05, 4.69) is 16.7 Å². The van der Waals surface area contributed by atoms with Gasteiger partial charge in [0.2, 0.25) is 0 Å². The molecule has 1 aromatic carbocycles. The standard InChI is InChI=1S/C15H22N2O2/c1-4-15(2,19-3)14(18)17-13-7-5-6-11-8-9-16-10-12(11)13/h5-7,16H,4,8-10H2,1-3H3,(H,17,18). The van der Waals surface area contributed by atoms with E-state index in [0.717, 1.165) is 25.2 Å². The van der Waals surface area contributed by atoms with Crippen molar-refractivity contribution in [1.82, 2.24) is 5.32 Å². The summed E-state index contributed by atoms with van der Waals surface area (Å²) in [5.74, 6) is -0.0866. The fourth-order valence-electron chi connectivity index (χ4n) is 2.28. The lowest BCUT2D eigenvalue weighted by atomic mass is 9.98. The van der Waals surface area contributed by atoms with Crippen LogP contribution in [0.15, 0.2) is 18.2 Å². The van der Waals surface area contributed by atoms with E-state index in [-0.39, 0.29) is 5.91 Å². The minimum atomic E-state index is -0.773. The number of benzene rings is 1. The van der Waals surface area contributed by atoms with Crippen molar-refractivity contribution < 1.29 is 9.53 Å². The van der Waals surface area contributed by atoms with E-state index in [1.54, 1.807) is 7.11 Å². The Kier molecular flexibility index (Phi) is 4.22. The van der Waals surface area contributed by atoms with Crippen LogP contribution in [0.25, 0.3) is 0 Å². The molecule has 4 heteroatoms. The zero-order chi connectivity index (χ0) is 13.9. The maximum absolute atomic E-state index is 12.3. The predicted molar refractivity (Wildman–Crippen MR) is 76.2 cm³/mol. The lowest BCUT2D eigenvalue weighted by Gasteiger charge is -2.27. The molecule has 0 aliphatic carbocycles. The summed E-state index contributed by atoms with van der Waals surface area (Å²) in [4.78, 5) is 12.3. The molecule has 0 fully saturated rings. The molecule has 104 valence electrons. The van der Waals surface area contributed by atoms with E-state index >= 15 is 0 Å². The molecule has 1 atom stereocenters. The van der Waals surface area contributed by atoms with Crippen LogP contribution in [-0.4, -0.2) is 25.2 Å². The molecule has 0 saturated heterocycles. The Balaban J connectivity index is 2.22. The number of anilines is 1. The molecule has 4 nitrogen and oxygen atoms in total. The molecule has 0 spiro atoms. The summed E-state index contributed by atoms with van der Waals surface area (Å²) >= 11 is 0. The highest BCUT2D eigenvalue weighted by atomic mass is 16.5. The number of amides is 1. The lowest BCUT2D eigenvalue weighted by molar-refractivity contribution is -0.136. The molecular weight excluding hydrogens is 240 g/mol. The molecule has 0 saturated carbocycles. The van der Waals surface area contributed by atoms with Gasteiger partial charge < -0.3 is 15.4 Å². The number of methoxy groups -OCH3 is 1. The third-order valence-electron chi connectivity index (χ3n) is 4.00. The van der Waals surface area contributed by atoms with Crippen molar-refractivity contribution in [1.29, 1.82) is 0 Å². The van der Waals surface area contributed by atoms with Gasteiger partial charge in [0.25, 0.3) is 5.91 Å². The van der Waals surface area contributed by atoms with Crippen LogP contribution < -0.4 is 10.6 Å². The maximum atomic E-state index is 12.3. The number of rotatable bonds is 4. The molecule has 1 aromatic rings. The molecule has 0 bridgehead atoms. The number of hydrogen-bond acceptors (Lipinski definition) is 3. The van der Waals surface area contributed by atoms with Gasteiger partial charge in [-0.3, -0.25) is 4.79 Å². The fourth-order valence-corrected chi connectivity index (χ4v) is 2.28. The maximum Gasteiger partial charge on any atom is 0.256 e. The predicted octanol–water partition coefficient (Wildman–Crippen LogP) is 2.09. The van der Waals surface area contributed by atoms with E-state index in [0.29, 0.717) is 6.42 Å². The zero-order valence-electron chi connectivity index (χ0n) is 11.9. The Hall–Kier alpha value is -1.39. The van der Waals surface area contributed by atoms with Crippen LogP contribution in [0.4, 0.5) is 5.69 Å². The summed E-state index contributed by atoms with van der Waals surface area (Å²) < 4.78 is 5.34. The molecular formula is C15H22N2O2. The highest BCUT2D eigenvalue weighted by Gasteiger charge is 2.31. The van der Waals surface area contributed by atoms with E-state index in [1.807, 2.05) is 26.0 Å². The van der Waals surface area contributed by atoms with Crippen LogP contribution in [0.5, 0.6) is 0 Å². The molecule has 1 heterocycles. The molecule has 2 N–H and O–H groups in total. The fraction of sp³-hybridized carbons (Fsp3) is 0.533. The molecule has 19 heavy (non-hydrogen) atoms. The Bertz CT molecular complexity index is 467. The van der Waals surface area contributed by atoms with Gasteiger partial charge in [-0.25, -0.2) is 0 Å². The summed E-state index contributed by atoms with van der Waals surface area (Å²) in [5, 5.41) is 6.35. The van der Waals surface area contributed by atoms with Crippen molar-refractivity contribution in [2.75, 3.05) is 19.0 Å². The molecule has 1 amide bonds. The van der Waals surface area contributed by atoms with Crippen LogP contribution in [0.3, 0.4) is 0 Å². The first-order valence-electron chi connectivity index (χ1n) is 6.79. The Labute approximate surface area is 114 Å². The van der Waals surface area contributed by atoms with Gasteiger partial charge in [-0.1, -0.05) is 19.1 Å². The van der Waals surface area contributed by atoms with Gasteiger partial charge in [-0.15, -0.1) is 0 Å². The smallest absolute Gasteiger partial charge is 0.256 e. The summed E-state index contributed by atoms with van der Waals surface area (Å²) in [7, 11) is 1.57. The van der Waals surface area contributed by atoms with Gasteiger partial charge in [0.05, 0.1) is 0 Å². The van der Waals surface area contributed by atoms with Crippen molar-refractivity contribution in [2.45, 2.75) is 38.8 Å². The molecule has 0 radical (unpaired) electrons. The summed E-state index contributed by atoms with van der Waals surface area (Å²) in [6.45, 7) is 5.57. The molecule has 1 aliphatic rings. The van der Waals surface area contributed by atoms with Crippen LogP contribution in [-0.2, 0) is 22.5 Å². The second-order valence-corrected chi connectivity index (χ2v) is 5.11. The van der Waals surface area contributed by atoms with Gasteiger partial charge in [-0.05, 0) is 43.5 Å². The zero-order valence-corrected chi connectivity index (χ0v) is 11.9. The Morgan fingerprint density at radius 2 is 2.32 bits per heavy atom. The number of ether oxygens (including phenoxy) is 1. The first-order chi connectivity index (χ1) is 9.10. The number of hydrogen-bond donors (Lipinski definition) is 2. The Morgan fingerprint density at radius 3 is 3.00 bits per heavy atom. The van der Waals surface area contributed by atoms with Crippen molar-refractivity contribution in [3.63, 3.8) is 0 Å². The minimum Gasteiger partial charge on any atom is -0.369 e. The van der Waals surface area contributed by atoms with Gasteiger partial charge in [0.1, 0.15) is 5.60 Å². The number of nitrogens with one attached hydrogen (secondary N) is 2. The van der Waals surface area contributed by atoms with Gasteiger partial charge in [-0.2, -0.15) is 0 Å². The average Bonchev–Trinajstić information content (AvgIpc) is 2.46. The topological polar surface area (TPSA) is 50.4 Å². The van der Waals surface area contributed by atoms with Crippen LogP contribution in [0, 0.1) is 0 Å². The summed E-state index contributed by atoms with van der Waals surface area (Å²) in [5.41, 5.74) is 2.63. The number of carbonyl (C=O) groups excluding carboxylic acids is 1. The van der Waals surface area contributed by atoms with E-state index < -0.39 is 5.60 Å². The molecule has 0 aromatic heterocycles. The highest BCUT2D eigenvalue weighted by molar-refractivity contribution is 5.97. The van der Waals surface area contributed by atoms with E-state index in [4.69, 9.17) is 4.74 Å². The van der Waals surface area contributed by atoms with Crippen LogP contribution in [0.1, 0.15) is 31.4 Å². The van der Waals surface area contributed by atoms with Crippen molar-refractivity contribution >= 4 is 11.6 Å². The molecule has 1 unspecified atom stereocenters. The second-order valence-electron chi connectivity index (χ2n) is 5.11. The van der Waals surface area contributed by atoms with E-state index in [1.165, 1.54) is 11.1 Å². The lowest BCUT2D eigenvalue weighted by Crippen LogP contribution is -2.41. The van der Waals surface area contributed by atoms with Crippen molar-refractivity contribution in [3.8, 4) is 0 Å². The largest absolute Gasteiger partial charge is 0.369 e. The first kappa shape index (κ1) is 14.0.